The highest BCUT2D eigenvalue weighted by atomic mass is 35.5. The number of aliphatic carboxylic acids is 1. The Labute approximate surface area is 226 Å². The Morgan fingerprint density at radius 2 is 2.08 bits per heavy atom. The summed E-state index contributed by atoms with van der Waals surface area (Å²) in [5, 5.41) is 26.1. The van der Waals surface area contributed by atoms with Crippen molar-refractivity contribution in [3.8, 4) is 0 Å². The second kappa shape index (κ2) is 9.68. The maximum absolute atomic E-state index is 12.9. The lowest BCUT2D eigenvalue weighted by molar-refractivity contribution is -0.150. The molecule has 0 aliphatic carbocycles. The number of carboxylic acids is 1. The fourth-order valence-corrected chi connectivity index (χ4v) is 9.73. The molecule has 3 aromatic heterocycles. The van der Waals surface area contributed by atoms with Gasteiger partial charge in [0.1, 0.15) is 22.8 Å². The fourth-order valence-electron chi connectivity index (χ4n) is 3.56. The highest BCUT2D eigenvalue weighted by molar-refractivity contribution is 8.07. The molecule has 0 bridgehead atoms. The summed E-state index contributed by atoms with van der Waals surface area (Å²) < 4.78 is 1.77. The average molecular weight is 602 g/mol. The number of thiophene rings is 1. The molecule has 2 aliphatic rings. The van der Waals surface area contributed by atoms with E-state index >= 15 is 0 Å². The number of aromatic nitrogens is 1. The number of carboxylic acid groups (broad SMARTS) is 1. The largest absolute Gasteiger partial charge is 0.477 e. The van der Waals surface area contributed by atoms with Gasteiger partial charge < -0.3 is 21.4 Å². The predicted octanol–water partition coefficient (Wildman–Crippen LogP) is 2.68. The first kappa shape index (κ1) is 25.0. The number of nitrogens with two attached hydrogens (primary N) is 1. The van der Waals surface area contributed by atoms with Gasteiger partial charge in [-0.2, -0.15) is 0 Å². The maximum Gasteiger partial charge on any atom is 0.353 e. The lowest BCUT2D eigenvalue weighted by Gasteiger charge is -2.49. The highest BCUT2D eigenvalue weighted by Gasteiger charge is 2.54. The standard InChI is InChI=1S/C19H12ClN5O6S5/c20-9-1-5-7(26)2-10(36-18(5)35-9)34-8-4-32-16-12(15(28)25(16)13(8)17(29)30)23-14(27)11(24-31)6-3-33-19(21)22-6/h1-3,12,16,31H,4H2,(H2,21,22)(H,23,27)(H,29,30)/b24-11+/t12?,16-/m1/s1. The summed E-state index contributed by atoms with van der Waals surface area (Å²) in [6, 6.07) is 1.99. The van der Waals surface area contributed by atoms with Crippen molar-refractivity contribution in [1.82, 2.24) is 15.2 Å². The first-order chi connectivity index (χ1) is 17.2. The molecule has 0 aromatic carbocycles. The van der Waals surface area contributed by atoms with E-state index in [2.05, 4.69) is 15.5 Å². The minimum absolute atomic E-state index is 0.0465. The smallest absolute Gasteiger partial charge is 0.353 e. The molecule has 1 unspecified atom stereocenters. The van der Waals surface area contributed by atoms with Crippen LogP contribution >= 0.6 is 69.1 Å². The first-order valence-corrected chi connectivity index (χ1v) is 14.5. The molecule has 1 saturated heterocycles. The second-order valence-electron chi connectivity index (χ2n) is 7.24. The molecule has 2 atom stereocenters. The van der Waals surface area contributed by atoms with Crippen molar-refractivity contribution >= 4 is 107 Å². The predicted molar refractivity (Wildman–Crippen MR) is 141 cm³/mol. The van der Waals surface area contributed by atoms with Gasteiger partial charge in [0.05, 0.1) is 17.9 Å². The Bertz CT molecular complexity index is 1560. The second-order valence-corrected chi connectivity index (χ2v) is 13.6. The number of carbonyl (C=O) groups excluding carboxylic acids is 2. The maximum atomic E-state index is 12.9. The summed E-state index contributed by atoms with van der Waals surface area (Å²) in [5.41, 5.74) is 4.76. The molecule has 5 N–H and O–H groups in total. The zero-order chi connectivity index (χ0) is 25.7. The van der Waals surface area contributed by atoms with Crippen LogP contribution in [0.2, 0.25) is 4.34 Å². The van der Waals surface area contributed by atoms with Gasteiger partial charge in [0.2, 0.25) is 0 Å². The van der Waals surface area contributed by atoms with Crippen molar-refractivity contribution in [2.75, 3.05) is 11.5 Å². The summed E-state index contributed by atoms with van der Waals surface area (Å²) in [5.74, 6) is -2.54. The molecule has 5 heterocycles. The van der Waals surface area contributed by atoms with E-state index in [0.717, 1.165) is 32.0 Å². The molecule has 2 aliphatic heterocycles. The zero-order valence-electron chi connectivity index (χ0n) is 17.5. The Kier molecular flexibility index (Phi) is 6.73. The Morgan fingerprint density at radius 1 is 1.31 bits per heavy atom. The van der Waals surface area contributed by atoms with Gasteiger partial charge in [0.15, 0.2) is 16.3 Å². The van der Waals surface area contributed by atoms with E-state index in [9.17, 15) is 29.5 Å². The van der Waals surface area contributed by atoms with Crippen LogP contribution in [0.15, 0.2) is 42.3 Å². The zero-order valence-corrected chi connectivity index (χ0v) is 22.3. The number of oxime groups is 1. The summed E-state index contributed by atoms with van der Waals surface area (Å²) in [6.07, 6.45) is 0. The molecule has 0 radical (unpaired) electrons. The van der Waals surface area contributed by atoms with Gasteiger partial charge in [0, 0.05) is 22.1 Å². The van der Waals surface area contributed by atoms with E-state index < -0.39 is 34.9 Å². The van der Waals surface area contributed by atoms with E-state index in [0.29, 0.717) is 18.8 Å². The number of amides is 2. The van der Waals surface area contributed by atoms with E-state index in [1.807, 2.05) is 0 Å². The molecule has 0 spiro atoms. The van der Waals surface area contributed by atoms with Crippen LogP contribution in [0, 0.1) is 0 Å². The Balaban J connectivity index is 1.38. The molecule has 11 nitrogen and oxygen atoms in total. The van der Waals surface area contributed by atoms with Crippen molar-refractivity contribution in [3.05, 3.63) is 48.4 Å². The van der Waals surface area contributed by atoms with Crippen molar-refractivity contribution in [1.29, 1.82) is 0 Å². The number of fused-ring (bicyclic) bond motifs is 2. The van der Waals surface area contributed by atoms with Crippen LogP contribution in [-0.2, 0) is 14.4 Å². The Morgan fingerprint density at radius 3 is 2.75 bits per heavy atom. The summed E-state index contributed by atoms with van der Waals surface area (Å²) in [4.78, 5) is 55.5. The normalized spacial score (nSPS) is 19.9. The number of nitrogens with one attached hydrogen (secondary N) is 1. The Hall–Kier alpha value is -2.63. The van der Waals surface area contributed by atoms with Gasteiger partial charge in [-0.15, -0.1) is 45.8 Å². The first-order valence-electron chi connectivity index (χ1n) is 9.74. The van der Waals surface area contributed by atoms with Crippen LogP contribution in [0.4, 0.5) is 5.13 Å². The van der Waals surface area contributed by atoms with Crippen molar-refractivity contribution in [3.63, 3.8) is 0 Å². The van der Waals surface area contributed by atoms with Gasteiger partial charge in [-0.1, -0.05) is 28.5 Å². The minimum atomic E-state index is -1.30. The molecule has 1 fully saturated rings. The number of thiazole rings is 1. The molecule has 2 amide bonds. The summed E-state index contributed by atoms with van der Waals surface area (Å²) in [6.45, 7) is 0. The number of hydrogen-bond donors (Lipinski definition) is 4. The number of anilines is 1. The van der Waals surface area contributed by atoms with Crippen LogP contribution in [0.3, 0.4) is 0 Å². The molecular weight excluding hydrogens is 590 g/mol. The van der Waals surface area contributed by atoms with E-state index in [1.165, 1.54) is 45.9 Å². The van der Waals surface area contributed by atoms with Crippen LogP contribution in [-0.4, -0.2) is 60.9 Å². The third-order valence-corrected chi connectivity index (χ3v) is 10.9. The van der Waals surface area contributed by atoms with E-state index in [4.69, 9.17) is 17.3 Å². The number of β-lactam (4-membered cyclic amide) rings is 1. The summed E-state index contributed by atoms with van der Waals surface area (Å²) >= 11 is 12.0. The molecule has 36 heavy (non-hydrogen) atoms. The van der Waals surface area contributed by atoms with Crippen molar-refractivity contribution in [2.45, 2.75) is 15.6 Å². The number of carbonyl (C=O) groups is 3. The van der Waals surface area contributed by atoms with E-state index in [-0.39, 0.29) is 27.7 Å². The SMILES string of the molecule is Nc1nc(/C(=N\O)C(=O)NC2C(=O)N3C(C(=O)O)=C(Sc4cc(=O)c5cc(Cl)sc5s4)CS[C@H]23)cs1. The molecular formula is C19H12ClN5O6S5. The van der Waals surface area contributed by atoms with Crippen LogP contribution in [0.25, 0.3) is 9.40 Å². The number of rotatable bonds is 6. The van der Waals surface area contributed by atoms with E-state index in [1.54, 1.807) is 6.07 Å². The minimum Gasteiger partial charge on any atom is -0.477 e. The monoisotopic (exact) mass is 601 g/mol. The molecule has 17 heteroatoms. The van der Waals surface area contributed by atoms with Gasteiger partial charge >= 0.3 is 5.97 Å². The van der Waals surface area contributed by atoms with Gasteiger partial charge in [-0.25, -0.2) is 9.78 Å². The molecule has 0 saturated carbocycles. The van der Waals surface area contributed by atoms with Crippen molar-refractivity contribution in [2.24, 2.45) is 5.16 Å². The number of hydrogen-bond acceptors (Lipinski definition) is 13. The van der Waals surface area contributed by atoms with Gasteiger partial charge in [0.25, 0.3) is 11.8 Å². The lowest BCUT2D eigenvalue weighted by Crippen LogP contribution is -2.71. The number of halogens is 1. The quantitative estimate of drug-likeness (QED) is 0.142. The topological polar surface area (TPSA) is 175 Å². The van der Waals surface area contributed by atoms with Gasteiger partial charge in [-0.05, 0) is 6.07 Å². The molecule has 5 rings (SSSR count). The van der Waals surface area contributed by atoms with Gasteiger partial charge in [-0.3, -0.25) is 19.3 Å². The fraction of sp³-hybridized carbons (Fsp3) is 0.158. The van der Waals surface area contributed by atoms with Crippen LogP contribution in [0.1, 0.15) is 5.69 Å². The molecule has 3 aromatic rings. The number of nitrogens with zero attached hydrogens (tertiary/aromatic N) is 3. The summed E-state index contributed by atoms with van der Waals surface area (Å²) in [7, 11) is 0. The number of nitrogen functional groups attached to an aromatic ring is 1. The van der Waals surface area contributed by atoms with Crippen LogP contribution in [0.5, 0.6) is 0 Å². The third kappa shape index (κ3) is 4.37. The highest BCUT2D eigenvalue weighted by Crippen LogP contribution is 2.46. The van der Waals surface area contributed by atoms with Crippen LogP contribution < -0.4 is 16.5 Å². The average Bonchev–Trinajstić information content (AvgIpc) is 3.42. The molecule has 186 valence electrons. The third-order valence-electron chi connectivity index (χ3n) is 5.10. The lowest BCUT2D eigenvalue weighted by atomic mass is 10.0. The number of thioether (sulfide) groups is 2. The van der Waals surface area contributed by atoms with Crippen molar-refractivity contribution < 1.29 is 24.7 Å².